The fourth-order valence-corrected chi connectivity index (χ4v) is 3.58. The molecule has 0 aliphatic heterocycles. The van der Waals surface area contributed by atoms with Crippen molar-refractivity contribution in [1.29, 1.82) is 10.5 Å². The summed E-state index contributed by atoms with van der Waals surface area (Å²) in [5, 5.41) is 18.0. The smallest absolute Gasteiger partial charge is 0.132 e. The van der Waals surface area contributed by atoms with E-state index in [4.69, 9.17) is 10.5 Å². The molecule has 0 aliphatic rings. The molecule has 2 aromatic rings. The van der Waals surface area contributed by atoms with Crippen molar-refractivity contribution >= 4 is 39.0 Å². The molecule has 0 atom stereocenters. The molecule has 0 aromatic carbocycles. The van der Waals surface area contributed by atoms with E-state index in [1.807, 2.05) is 19.1 Å². The molecule has 0 spiro atoms. The zero-order valence-electron chi connectivity index (χ0n) is 8.74. The Morgan fingerprint density at radius 3 is 2.44 bits per heavy atom. The minimum Gasteiger partial charge on any atom is -0.235 e. The molecule has 3 nitrogen and oxygen atoms in total. The molecule has 78 valence electrons. The zero-order chi connectivity index (χ0) is 11.7. The molecule has 2 heterocycles. The summed E-state index contributed by atoms with van der Waals surface area (Å²) in [6.45, 7) is 4.09. The highest BCUT2D eigenvalue weighted by Crippen LogP contribution is 2.34. The lowest BCUT2D eigenvalue weighted by Crippen LogP contribution is -1.74. The summed E-state index contributed by atoms with van der Waals surface area (Å²) < 4.78 is 1.16. The van der Waals surface area contributed by atoms with E-state index in [-0.39, 0.29) is 5.57 Å². The molecule has 0 unspecified atom stereocenters. The van der Waals surface area contributed by atoms with Crippen molar-refractivity contribution < 1.29 is 0 Å². The third-order valence-corrected chi connectivity index (χ3v) is 4.37. The van der Waals surface area contributed by atoms with E-state index in [1.54, 1.807) is 11.3 Å². The first-order valence-corrected chi connectivity index (χ1v) is 6.17. The largest absolute Gasteiger partial charge is 0.235 e. The monoisotopic (exact) mass is 245 g/mol. The highest BCUT2D eigenvalue weighted by atomic mass is 32.1. The summed E-state index contributed by atoms with van der Waals surface area (Å²) in [7, 11) is 0. The molecule has 0 amide bonds. The third kappa shape index (κ3) is 1.71. The Hall–Kier alpha value is -1.69. The average molecular weight is 245 g/mol. The number of hydrogen-bond acceptors (Lipinski definition) is 5. The van der Waals surface area contributed by atoms with Gasteiger partial charge in [-0.2, -0.15) is 10.5 Å². The van der Waals surface area contributed by atoms with Gasteiger partial charge in [-0.1, -0.05) is 0 Å². The number of thiazole rings is 1. The van der Waals surface area contributed by atoms with Gasteiger partial charge in [-0.3, -0.25) is 0 Å². The maximum Gasteiger partial charge on any atom is 0.132 e. The van der Waals surface area contributed by atoms with Gasteiger partial charge < -0.3 is 0 Å². The molecular weight excluding hydrogens is 238 g/mol. The fourth-order valence-electron chi connectivity index (χ4n) is 1.41. The van der Waals surface area contributed by atoms with Crippen LogP contribution in [0, 0.1) is 36.5 Å². The third-order valence-electron chi connectivity index (χ3n) is 2.11. The number of nitrogens with zero attached hydrogens (tertiary/aromatic N) is 3. The first-order chi connectivity index (χ1) is 7.65. The molecule has 0 aliphatic carbocycles. The molecular formula is C11H7N3S2. The van der Waals surface area contributed by atoms with Gasteiger partial charge in [0.25, 0.3) is 0 Å². The summed E-state index contributed by atoms with van der Waals surface area (Å²) in [6, 6.07) is 3.67. The van der Waals surface area contributed by atoms with Crippen molar-refractivity contribution in [3.8, 4) is 12.1 Å². The summed E-state index contributed by atoms with van der Waals surface area (Å²) in [4.78, 5) is 6.83. The van der Waals surface area contributed by atoms with Crippen LogP contribution >= 0.6 is 22.7 Å². The molecule has 0 saturated heterocycles. The van der Waals surface area contributed by atoms with Crippen LogP contribution in [0.3, 0.4) is 0 Å². The summed E-state index contributed by atoms with van der Waals surface area (Å²) in [5.74, 6) is 0. The molecule has 0 N–H and O–H groups in total. The average Bonchev–Trinajstić information content (AvgIpc) is 2.78. The Bertz CT molecular complexity index is 611. The first kappa shape index (κ1) is 10.8. The highest BCUT2D eigenvalue weighted by molar-refractivity contribution is 7.24. The second kappa shape index (κ2) is 4.05. The van der Waals surface area contributed by atoms with Gasteiger partial charge in [-0.25, -0.2) is 4.98 Å². The van der Waals surface area contributed by atoms with Gasteiger partial charge in [0.2, 0.25) is 0 Å². The molecule has 0 radical (unpaired) electrons. The van der Waals surface area contributed by atoms with Crippen molar-refractivity contribution in [2.75, 3.05) is 0 Å². The Morgan fingerprint density at radius 2 is 1.88 bits per heavy atom. The lowest BCUT2D eigenvalue weighted by atomic mass is 10.3. The normalized spacial score (nSPS) is 9.75. The Kier molecular flexibility index (Phi) is 2.74. The van der Waals surface area contributed by atoms with Gasteiger partial charge in [0.05, 0.1) is 10.2 Å². The van der Waals surface area contributed by atoms with Crippen LogP contribution in [0.2, 0.25) is 0 Å². The van der Waals surface area contributed by atoms with Crippen LogP contribution < -0.4 is 0 Å². The lowest BCUT2D eigenvalue weighted by molar-refractivity contribution is 1.43. The quantitative estimate of drug-likeness (QED) is 0.723. The molecule has 0 bridgehead atoms. The molecule has 16 heavy (non-hydrogen) atoms. The standard InChI is InChI=1S/C11H7N3S2/c1-6-10-11(7(2)15-6)16-9(14-10)3-8(4-12)5-13/h3H,1-2H3. The molecule has 5 heteroatoms. The number of aromatic nitrogens is 1. The van der Waals surface area contributed by atoms with Crippen LogP contribution in [0.4, 0.5) is 0 Å². The van der Waals surface area contributed by atoms with Gasteiger partial charge in [0, 0.05) is 15.8 Å². The Morgan fingerprint density at radius 1 is 1.19 bits per heavy atom. The Labute approximate surface area is 101 Å². The van der Waals surface area contributed by atoms with Crippen LogP contribution in [0.25, 0.3) is 16.3 Å². The van der Waals surface area contributed by atoms with Crippen LogP contribution in [-0.4, -0.2) is 4.98 Å². The number of allylic oxidation sites excluding steroid dienone is 1. The van der Waals surface area contributed by atoms with E-state index in [0.29, 0.717) is 0 Å². The van der Waals surface area contributed by atoms with Crippen LogP contribution in [0.15, 0.2) is 5.57 Å². The summed E-state index contributed by atoms with van der Waals surface area (Å²) >= 11 is 3.25. The second-order valence-electron chi connectivity index (χ2n) is 3.23. The van der Waals surface area contributed by atoms with E-state index in [1.165, 1.54) is 27.2 Å². The van der Waals surface area contributed by atoms with Crippen molar-refractivity contribution in [3.05, 3.63) is 20.3 Å². The van der Waals surface area contributed by atoms with E-state index < -0.39 is 0 Å². The van der Waals surface area contributed by atoms with Gasteiger partial charge in [-0.15, -0.1) is 22.7 Å². The summed E-state index contributed by atoms with van der Waals surface area (Å²) in [5.41, 5.74) is 1.09. The fraction of sp³-hybridized carbons (Fsp3) is 0.182. The van der Waals surface area contributed by atoms with Gasteiger partial charge in [0.15, 0.2) is 0 Å². The van der Waals surface area contributed by atoms with Gasteiger partial charge >= 0.3 is 0 Å². The molecule has 0 fully saturated rings. The minimum absolute atomic E-state index is 0.0929. The molecule has 2 aromatic heterocycles. The topological polar surface area (TPSA) is 60.5 Å². The maximum atomic E-state index is 8.66. The molecule has 2 rings (SSSR count). The maximum absolute atomic E-state index is 8.66. The number of rotatable bonds is 1. The first-order valence-electron chi connectivity index (χ1n) is 4.54. The number of aryl methyl sites for hydroxylation is 2. The van der Waals surface area contributed by atoms with E-state index >= 15 is 0 Å². The second-order valence-corrected chi connectivity index (χ2v) is 5.69. The number of nitriles is 2. The minimum atomic E-state index is 0.0929. The van der Waals surface area contributed by atoms with Crippen LogP contribution in [0.1, 0.15) is 14.8 Å². The van der Waals surface area contributed by atoms with E-state index in [0.717, 1.165) is 15.2 Å². The number of thiophene rings is 1. The van der Waals surface area contributed by atoms with E-state index in [2.05, 4.69) is 11.9 Å². The van der Waals surface area contributed by atoms with Crippen LogP contribution in [-0.2, 0) is 0 Å². The van der Waals surface area contributed by atoms with E-state index in [9.17, 15) is 0 Å². The van der Waals surface area contributed by atoms with Crippen LogP contribution in [0.5, 0.6) is 0 Å². The van der Waals surface area contributed by atoms with Crippen molar-refractivity contribution in [2.45, 2.75) is 13.8 Å². The highest BCUT2D eigenvalue weighted by Gasteiger charge is 2.10. The predicted octanol–water partition coefficient (Wildman–Crippen LogP) is 3.41. The number of hydrogen-bond donors (Lipinski definition) is 0. The van der Waals surface area contributed by atoms with Crippen molar-refractivity contribution in [3.63, 3.8) is 0 Å². The lowest BCUT2D eigenvalue weighted by Gasteiger charge is -1.83. The predicted molar refractivity (Wildman–Crippen MR) is 66.2 cm³/mol. The molecule has 0 saturated carbocycles. The SMILES string of the molecule is Cc1sc(C)c2sc(C=C(C#N)C#N)nc12. The van der Waals surface area contributed by atoms with Gasteiger partial charge in [0.1, 0.15) is 22.7 Å². The van der Waals surface area contributed by atoms with Gasteiger partial charge in [-0.05, 0) is 13.8 Å². The number of fused-ring (bicyclic) bond motifs is 1. The van der Waals surface area contributed by atoms with Crippen molar-refractivity contribution in [1.82, 2.24) is 4.98 Å². The Balaban J connectivity index is 2.58. The zero-order valence-corrected chi connectivity index (χ0v) is 10.4. The summed E-state index contributed by atoms with van der Waals surface area (Å²) in [6.07, 6.45) is 1.54. The van der Waals surface area contributed by atoms with Crippen molar-refractivity contribution in [2.24, 2.45) is 0 Å².